The first-order chi connectivity index (χ1) is 11.0. The number of nitrogens with zero attached hydrogens (tertiary/aromatic N) is 2. The van der Waals surface area contributed by atoms with Crippen molar-refractivity contribution in [2.24, 2.45) is 0 Å². The zero-order chi connectivity index (χ0) is 16.6. The van der Waals surface area contributed by atoms with Crippen LogP contribution >= 0.6 is 11.6 Å². The Morgan fingerprint density at radius 2 is 2.09 bits per heavy atom. The molecule has 5 heteroatoms. The van der Waals surface area contributed by atoms with Gasteiger partial charge in [-0.1, -0.05) is 31.5 Å². The van der Waals surface area contributed by atoms with Crippen molar-refractivity contribution >= 4 is 23.2 Å². The van der Waals surface area contributed by atoms with Gasteiger partial charge in [0.15, 0.2) is 0 Å². The average molecular weight is 333 g/mol. The van der Waals surface area contributed by atoms with Gasteiger partial charge in [0, 0.05) is 24.7 Å². The molecule has 0 saturated carbocycles. The van der Waals surface area contributed by atoms with Crippen molar-refractivity contribution in [3.8, 4) is 11.1 Å². The molecule has 0 N–H and O–H groups in total. The summed E-state index contributed by atoms with van der Waals surface area (Å²) in [6.07, 6.45) is 2.94. The second kappa shape index (κ2) is 6.28. The van der Waals surface area contributed by atoms with Crippen LogP contribution in [0.2, 0.25) is 5.15 Å². The van der Waals surface area contributed by atoms with Crippen molar-refractivity contribution in [1.29, 1.82) is 0 Å². The topological polar surface area (TPSA) is 33.2 Å². The lowest BCUT2D eigenvalue weighted by atomic mass is 9.94. The number of anilines is 1. The van der Waals surface area contributed by atoms with E-state index in [0.717, 1.165) is 23.1 Å². The number of aromatic nitrogens is 1. The van der Waals surface area contributed by atoms with Gasteiger partial charge >= 0.3 is 0 Å². The van der Waals surface area contributed by atoms with Crippen molar-refractivity contribution in [3.63, 3.8) is 0 Å². The minimum absolute atomic E-state index is 0.0207. The van der Waals surface area contributed by atoms with Gasteiger partial charge in [-0.15, -0.1) is 0 Å². The van der Waals surface area contributed by atoms with Gasteiger partial charge in [-0.3, -0.25) is 4.79 Å². The molecule has 0 atom stereocenters. The molecular formula is C18H18ClFN2O. The van der Waals surface area contributed by atoms with Gasteiger partial charge in [0.05, 0.1) is 5.69 Å². The molecule has 120 valence electrons. The summed E-state index contributed by atoms with van der Waals surface area (Å²) in [5.74, 6) is -0.163. The van der Waals surface area contributed by atoms with E-state index < -0.39 is 0 Å². The van der Waals surface area contributed by atoms with Crippen LogP contribution < -0.4 is 4.90 Å². The largest absolute Gasteiger partial charge is 0.310 e. The molecule has 0 radical (unpaired) electrons. The Bertz CT molecular complexity index is 761. The first kappa shape index (κ1) is 15.9. The summed E-state index contributed by atoms with van der Waals surface area (Å²) in [5.41, 5.74) is 2.98. The maximum absolute atomic E-state index is 14.5. The summed E-state index contributed by atoms with van der Waals surface area (Å²) in [6, 6.07) is 6.79. The number of hydrogen-bond donors (Lipinski definition) is 0. The van der Waals surface area contributed by atoms with Crippen molar-refractivity contribution in [1.82, 2.24) is 4.98 Å². The third-order valence-corrected chi connectivity index (χ3v) is 4.35. The molecule has 1 aromatic carbocycles. The minimum Gasteiger partial charge on any atom is -0.310 e. The lowest BCUT2D eigenvalue weighted by Gasteiger charge is -2.18. The molecule has 1 aliphatic heterocycles. The number of pyridine rings is 1. The number of benzene rings is 1. The highest BCUT2D eigenvalue weighted by atomic mass is 35.5. The summed E-state index contributed by atoms with van der Waals surface area (Å²) in [7, 11) is 0. The van der Waals surface area contributed by atoms with Crippen LogP contribution in [0.4, 0.5) is 10.1 Å². The van der Waals surface area contributed by atoms with Gasteiger partial charge in [-0.25, -0.2) is 9.37 Å². The van der Waals surface area contributed by atoms with Gasteiger partial charge in [-0.05, 0) is 41.7 Å². The smallest absolute Gasteiger partial charge is 0.227 e. The molecule has 3 rings (SSSR count). The van der Waals surface area contributed by atoms with Gasteiger partial charge in [0.2, 0.25) is 5.91 Å². The highest BCUT2D eigenvalue weighted by Gasteiger charge is 2.24. The Hall–Kier alpha value is -1.94. The first-order valence-corrected chi connectivity index (χ1v) is 8.11. The number of carbonyl (C=O) groups excluding carboxylic acids is 1. The van der Waals surface area contributed by atoms with E-state index in [2.05, 4.69) is 18.8 Å². The molecule has 1 aliphatic rings. The molecule has 2 heterocycles. The molecule has 1 saturated heterocycles. The highest BCUT2D eigenvalue weighted by molar-refractivity contribution is 6.29. The second-order valence-electron chi connectivity index (χ2n) is 6.06. The lowest BCUT2D eigenvalue weighted by Crippen LogP contribution is -2.24. The number of amides is 1. The summed E-state index contributed by atoms with van der Waals surface area (Å²) in [6.45, 7) is 4.69. The molecule has 23 heavy (non-hydrogen) atoms. The molecular weight excluding hydrogens is 315 g/mol. The molecule has 3 nitrogen and oxygen atoms in total. The average Bonchev–Trinajstić information content (AvgIpc) is 2.93. The molecule has 1 amide bonds. The normalized spacial score (nSPS) is 14.8. The summed E-state index contributed by atoms with van der Waals surface area (Å²) in [5, 5.41) is 0.428. The Kier molecular flexibility index (Phi) is 4.35. The van der Waals surface area contributed by atoms with Crippen LogP contribution in [0.3, 0.4) is 0 Å². The number of rotatable bonds is 3. The van der Waals surface area contributed by atoms with E-state index in [1.54, 1.807) is 12.3 Å². The molecule has 0 aliphatic carbocycles. The van der Waals surface area contributed by atoms with E-state index in [-0.39, 0.29) is 17.6 Å². The van der Waals surface area contributed by atoms with Crippen LogP contribution in [-0.2, 0) is 4.79 Å². The monoisotopic (exact) mass is 332 g/mol. The van der Waals surface area contributed by atoms with E-state index in [1.165, 1.54) is 11.0 Å². The minimum atomic E-state index is -0.387. The fourth-order valence-electron chi connectivity index (χ4n) is 2.96. The van der Waals surface area contributed by atoms with Crippen LogP contribution in [0, 0.1) is 5.82 Å². The predicted octanol–water partition coefficient (Wildman–Crippen LogP) is 4.79. The number of halogens is 2. The summed E-state index contributed by atoms with van der Waals surface area (Å²) < 4.78 is 14.5. The molecule has 0 spiro atoms. The summed E-state index contributed by atoms with van der Waals surface area (Å²) >= 11 is 5.98. The first-order valence-electron chi connectivity index (χ1n) is 7.73. The fraction of sp³-hybridized carbons (Fsp3) is 0.333. The predicted molar refractivity (Wildman–Crippen MR) is 90.3 cm³/mol. The maximum atomic E-state index is 14.5. The quantitative estimate of drug-likeness (QED) is 0.757. The zero-order valence-electron chi connectivity index (χ0n) is 13.1. The number of carbonyl (C=O) groups is 1. The van der Waals surface area contributed by atoms with Crippen molar-refractivity contribution in [3.05, 3.63) is 47.0 Å². The van der Waals surface area contributed by atoms with Gasteiger partial charge < -0.3 is 4.90 Å². The number of hydrogen-bond acceptors (Lipinski definition) is 2. The molecule has 2 aromatic rings. The molecule has 1 fully saturated rings. The standard InChI is InChI=1S/C18H18ClFN2O/c1-11(2)13-9-17(19)21-10-14(13)12-5-6-16(15(20)8-12)22-7-3-4-18(22)23/h5-6,8-11H,3-4,7H2,1-2H3. The maximum Gasteiger partial charge on any atom is 0.227 e. The Morgan fingerprint density at radius 1 is 1.30 bits per heavy atom. The van der Waals surface area contributed by atoms with Gasteiger partial charge in [0.1, 0.15) is 11.0 Å². The van der Waals surface area contributed by atoms with Gasteiger partial charge in [0.25, 0.3) is 0 Å². The molecule has 0 bridgehead atoms. The van der Waals surface area contributed by atoms with Gasteiger partial charge in [-0.2, -0.15) is 0 Å². The van der Waals surface area contributed by atoms with Crippen LogP contribution in [0.1, 0.15) is 38.2 Å². The lowest BCUT2D eigenvalue weighted by molar-refractivity contribution is -0.117. The third-order valence-electron chi connectivity index (χ3n) is 4.15. The van der Waals surface area contributed by atoms with E-state index in [0.29, 0.717) is 23.8 Å². The summed E-state index contributed by atoms with van der Waals surface area (Å²) in [4.78, 5) is 17.4. The Labute approximate surface area is 140 Å². The third kappa shape index (κ3) is 3.08. The Balaban J connectivity index is 2.02. The fourth-order valence-corrected chi connectivity index (χ4v) is 3.13. The van der Waals surface area contributed by atoms with E-state index >= 15 is 0 Å². The highest BCUT2D eigenvalue weighted by Crippen LogP contribution is 2.33. The van der Waals surface area contributed by atoms with E-state index in [1.807, 2.05) is 12.1 Å². The van der Waals surface area contributed by atoms with Crippen LogP contribution in [0.5, 0.6) is 0 Å². The van der Waals surface area contributed by atoms with E-state index in [9.17, 15) is 9.18 Å². The Morgan fingerprint density at radius 3 is 2.70 bits per heavy atom. The van der Waals surface area contributed by atoms with E-state index in [4.69, 9.17) is 11.6 Å². The SMILES string of the molecule is CC(C)c1cc(Cl)ncc1-c1ccc(N2CCCC2=O)c(F)c1. The zero-order valence-corrected chi connectivity index (χ0v) is 13.9. The molecule has 0 unspecified atom stereocenters. The van der Waals surface area contributed by atoms with Crippen molar-refractivity contribution in [2.45, 2.75) is 32.6 Å². The van der Waals surface area contributed by atoms with Crippen LogP contribution in [0.15, 0.2) is 30.5 Å². The van der Waals surface area contributed by atoms with Crippen LogP contribution in [-0.4, -0.2) is 17.4 Å². The van der Waals surface area contributed by atoms with Crippen LogP contribution in [0.25, 0.3) is 11.1 Å². The van der Waals surface area contributed by atoms with Crippen molar-refractivity contribution in [2.75, 3.05) is 11.4 Å². The molecule has 1 aromatic heterocycles. The second-order valence-corrected chi connectivity index (χ2v) is 6.45. The van der Waals surface area contributed by atoms with Crippen molar-refractivity contribution < 1.29 is 9.18 Å².